The van der Waals surface area contributed by atoms with Crippen molar-refractivity contribution in [1.82, 2.24) is 10.3 Å². The van der Waals surface area contributed by atoms with Gasteiger partial charge in [-0.1, -0.05) is 0 Å². The van der Waals surface area contributed by atoms with Crippen molar-refractivity contribution in [1.29, 1.82) is 0 Å². The molecule has 0 aliphatic carbocycles. The van der Waals surface area contributed by atoms with Gasteiger partial charge in [0.15, 0.2) is 5.58 Å². The van der Waals surface area contributed by atoms with Gasteiger partial charge in [0.25, 0.3) is 0 Å². The zero-order chi connectivity index (χ0) is 12.4. The minimum absolute atomic E-state index is 0.404. The zero-order valence-electron chi connectivity index (χ0n) is 10.2. The summed E-state index contributed by atoms with van der Waals surface area (Å²) in [4.78, 5) is 13.7. The van der Waals surface area contributed by atoms with Gasteiger partial charge >= 0.3 is 5.76 Å². The summed E-state index contributed by atoms with van der Waals surface area (Å²) >= 11 is 0. The summed E-state index contributed by atoms with van der Waals surface area (Å²) in [6.07, 6.45) is 2.52. The number of rotatable bonds is 3. The molecule has 0 spiro atoms. The van der Waals surface area contributed by atoms with E-state index in [1.54, 1.807) is 0 Å². The molecule has 5 nitrogen and oxygen atoms in total. The molecule has 1 aromatic heterocycles. The molecule has 1 aliphatic heterocycles. The van der Waals surface area contributed by atoms with Crippen molar-refractivity contribution >= 4 is 16.8 Å². The molecule has 2 aromatic rings. The molecule has 3 rings (SSSR count). The Morgan fingerprint density at radius 3 is 3.22 bits per heavy atom. The van der Waals surface area contributed by atoms with Crippen molar-refractivity contribution in [2.24, 2.45) is 5.92 Å². The Bertz CT molecular complexity index is 581. The lowest BCUT2D eigenvalue weighted by Gasteiger charge is -2.23. The van der Waals surface area contributed by atoms with Gasteiger partial charge in [0.2, 0.25) is 0 Å². The normalized spacial score (nSPS) is 20.1. The molecule has 1 unspecified atom stereocenters. The molecular weight excluding hydrogens is 230 g/mol. The van der Waals surface area contributed by atoms with Crippen molar-refractivity contribution in [2.75, 3.05) is 25.0 Å². The summed E-state index contributed by atoms with van der Waals surface area (Å²) in [6, 6.07) is 5.67. The summed E-state index contributed by atoms with van der Waals surface area (Å²) in [5.41, 5.74) is 2.36. The highest BCUT2D eigenvalue weighted by Crippen LogP contribution is 2.17. The number of fused-ring (bicyclic) bond motifs is 1. The van der Waals surface area contributed by atoms with E-state index in [2.05, 4.69) is 15.6 Å². The SMILES string of the molecule is O=c1[nH]c2cc(NCC3CCCNC3)ccc2o1. The minimum Gasteiger partial charge on any atom is -0.408 e. The van der Waals surface area contributed by atoms with E-state index in [4.69, 9.17) is 4.42 Å². The van der Waals surface area contributed by atoms with Gasteiger partial charge in [-0.15, -0.1) is 0 Å². The fraction of sp³-hybridized carbons (Fsp3) is 0.462. The average molecular weight is 247 g/mol. The Balaban J connectivity index is 1.68. The van der Waals surface area contributed by atoms with Crippen LogP contribution in [0.25, 0.3) is 11.1 Å². The topological polar surface area (TPSA) is 70.1 Å². The Labute approximate surface area is 105 Å². The van der Waals surface area contributed by atoms with Crippen LogP contribution in [0.15, 0.2) is 27.4 Å². The number of aromatic amines is 1. The molecule has 5 heteroatoms. The number of piperidine rings is 1. The summed E-state index contributed by atoms with van der Waals surface area (Å²) in [7, 11) is 0. The molecule has 0 amide bonds. The maximum atomic E-state index is 11.1. The van der Waals surface area contributed by atoms with Crippen LogP contribution >= 0.6 is 0 Å². The van der Waals surface area contributed by atoms with E-state index in [-0.39, 0.29) is 0 Å². The number of hydrogen-bond acceptors (Lipinski definition) is 4. The second-order valence-electron chi connectivity index (χ2n) is 4.82. The predicted molar refractivity (Wildman–Crippen MR) is 70.9 cm³/mol. The number of oxazole rings is 1. The van der Waals surface area contributed by atoms with Crippen molar-refractivity contribution in [3.63, 3.8) is 0 Å². The van der Waals surface area contributed by atoms with Crippen LogP contribution in [-0.4, -0.2) is 24.6 Å². The van der Waals surface area contributed by atoms with Crippen LogP contribution in [0.1, 0.15) is 12.8 Å². The molecule has 1 aliphatic rings. The lowest BCUT2D eigenvalue weighted by Crippen LogP contribution is -2.33. The molecule has 18 heavy (non-hydrogen) atoms. The molecule has 1 aromatic carbocycles. The lowest BCUT2D eigenvalue weighted by molar-refractivity contribution is 0.393. The highest BCUT2D eigenvalue weighted by molar-refractivity contribution is 5.76. The Kier molecular flexibility index (Phi) is 3.06. The van der Waals surface area contributed by atoms with Gasteiger partial charge < -0.3 is 15.1 Å². The molecule has 2 heterocycles. The minimum atomic E-state index is -0.404. The van der Waals surface area contributed by atoms with Gasteiger partial charge in [0.05, 0.1) is 5.52 Å². The number of H-pyrrole nitrogens is 1. The first-order chi connectivity index (χ1) is 8.81. The number of aromatic nitrogens is 1. The van der Waals surface area contributed by atoms with E-state index >= 15 is 0 Å². The van der Waals surface area contributed by atoms with Crippen LogP contribution in [0.4, 0.5) is 5.69 Å². The van der Waals surface area contributed by atoms with E-state index < -0.39 is 5.76 Å². The zero-order valence-corrected chi connectivity index (χ0v) is 10.2. The van der Waals surface area contributed by atoms with E-state index in [9.17, 15) is 4.79 Å². The standard InChI is InChI=1S/C13H17N3O2/c17-13-16-11-6-10(3-4-12(11)18-13)15-8-9-2-1-5-14-7-9/h3-4,6,9,14-15H,1-2,5,7-8H2,(H,16,17). The van der Waals surface area contributed by atoms with Crippen molar-refractivity contribution < 1.29 is 4.42 Å². The van der Waals surface area contributed by atoms with Crippen LogP contribution in [0.5, 0.6) is 0 Å². The molecule has 0 bridgehead atoms. The third kappa shape index (κ3) is 2.41. The van der Waals surface area contributed by atoms with Gasteiger partial charge in [-0.05, 0) is 50.0 Å². The van der Waals surface area contributed by atoms with Gasteiger partial charge in [0.1, 0.15) is 0 Å². The maximum absolute atomic E-state index is 11.1. The first kappa shape index (κ1) is 11.3. The smallest absolute Gasteiger partial charge is 0.408 e. The van der Waals surface area contributed by atoms with Gasteiger partial charge in [-0.25, -0.2) is 4.79 Å². The summed E-state index contributed by atoms with van der Waals surface area (Å²) in [5, 5.41) is 6.81. The van der Waals surface area contributed by atoms with Crippen LogP contribution in [-0.2, 0) is 0 Å². The second-order valence-corrected chi connectivity index (χ2v) is 4.82. The highest BCUT2D eigenvalue weighted by atomic mass is 16.4. The van der Waals surface area contributed by atoms with Crippen LogP contribution in [0, 0.1) is 5.92 Å². The average Bonchev–Trinajstić information content (AvgIpc) is 2.77. The molecular formula is C13H17N3O2. The molecule has 1 saturated heterocycles. The number of anilines is 1. The molecule has 0 radical (unpaired) electrons. The molecule has 96 valence electrons. The molecule has 3 N–H and O–H groups in total. The quantitative estimate of drug-likeness (QED) is 0.769. The van der Waals surface area contributed by atoms with E-state index in [1.165, 1.54) is 12.8 Å². The van der Waals surface area contributed by atoms with Crippen LogP contribution < -0.4 is 16.4 Å². The lowest BCUT2D eigenvalue weighted by atomic mass is 10.00. The van der Waals surface area contributed by atoms with E-state index in [1.807, 2.05) is 18.2 Å². The third-order valence-corrected chi connectivity index (χ3v) is 3.41. The van der Waals surface area contributed by atoms with Crippen molar-refractivity contribution in [2.45, 2.75) is 12.8 Å². The first-order valence-corrected chi connectivity index (χ1v) is 6.39. The van der Waals surface area contributed by atoms with E-state index in [0.29, 0.717) is 11.5 Å². The number of nitrogens with one attached hydrogen (secondary N) is 3. The number of hydrogen-bond donors (Lipinski definition) is 3. The largest absolute Gasteiger partial charge is 0.417 e. The molecule has 1 atom stereocenters. The van der Waals surface area contributed by atoms with Gasteiger partial charge in [-0.3, -0.25) is 4.98 Å². The Morgan fingerprint density at radius 1 is 1.44 bits per heavy atom. The summed E-state index contributed by atoms with van der Waals surface area (Å²) < 4.78 is 4.97. The molecule has 1 fully saturated rings. The first-order valence-electron chi connectivity index (χ1n) is 6.39. The molecule has 0 saturated carbocycles. The highest BCUT2D eigenvalue weighted by Gasteiger charge is 2.12. The fourth-order valence-corrected chi connectivity index (χ4v) is 2.42. The van der Waals surface area contributed by atoms with Crippen molar-refractivity contribution in [3.05, 3.63) is 28.7 Å². The van der Waals surface area contributed by atoms with Gasteiger partial charge in [-0.2, -0.15) is 0 Å². The predicted octanol–water partition coefficient (Wildman–Crippen LogP) is 1.53. The fourth-order valence-electron chi connectivity index (χ4n) is 2.42. The van der Waals surface area contributed by atoms with Crippen LogP contribution in [0.2, 0.25) is 0 Å². The summed E-state index contributed by atoms with van der Waals surface area (Å²) in [5.74, 6) is 0.275. The maximum Gasteiger partial charge on any atom is 0.417 e. The third-order valence-electron chi connectivity index (χ3n) is 3.41. The Morgan fingerprint density at radius 2 is 2.39 bits per heavy atom. The van der Waals surface area contributed by atoms with E-state index in [0.717, 1.165) is 30.8 Å². The van der Waals surface area contributed by atoms with Crippen molar-refractivity contribution in [3.8, 4) is 0 Å². The van der Waals surface area contributed by atoms with Gasteiger partial charge in [0, 0.05) is 12.2 Å². The monoisotopic (exact) mass is 247 g/mol. The Hall–Kier alpha value is -1.75. The number of benzene rings is 1. The second kappa shape index (κ2) is 4.86. The summed E-state index contributed by atoms with van der Waals surface area (Å²) in [6.45, 7) is 3.18. The van der Waals surface area contributed by atoms with Crippen LogP contribution in [0.3, 0.4) is 0 Å².